The SMILES string of the molecule is C[C@@H]1CCO[P@](=O)([C@H](Nc2ccc(O)cc2)c2ccc([N+](=O)[O-])cc2)O1. The molecule has 9 heteroatoms. The average Bonchev–Trinajstić information content (AvgIpc) is 2.61. The standard InChI is InChI=1S/C17H19N2O6P/c1-12-10-11-24-26(23,25-12)17(18-14-4-8-16(20)9-5-14)13-2-6-15(7-3-13)19(21)22/h2-9,12,17-18,20H,10-11H2,1H3/t12-,17+,26-/m1/s1. The van der Waals surface area contributed by atoms with Crippen LogP contribution in [0, 0.1) is 10.1 Å². The van der Waals surface area contributed by atoms with Crippen molar-refractivity contribution in [3.8, 4) is 5.75 Å². The summed E-state index contributed by atoms with van der Waals surface area (Å²) in [5.41, 5.74) is 1.09. The van der Waals surface area contributed by atoms with Crippen molar-refractivity contribution in [2.75, 3.05) is 11.9 Å². The normalized spacial score (nSPS) is 24.0. The Morgan fingerprint density at radius 2 is 1.88 bits per heavy atom. The maximum absolute atomic E-state index is 13.3. The molecule has 1 aliphatic rings. The van der Waals surface area contributed by atoms with E-state index >= 15 is 0 Å². The fourth-order valence-corrected chi connectivity index (χ4v) is 4.80. The zero-order valence-corrected chi connectivity index (χ0v) is 15.0. The molecule has 3 atom stereocenters. The van der Waals surface area contributed by atoms with Gasteiger partial charge in [0.1, 0.15) is 5.75 Å². The van der Waals surface area contributed by atoms with Gasteiger partial charge >= 0.3 is 7.60 Å². The van der Waals surface area contributed by atoms with E-state index in [1.807, 2.05) is 6.92 Å². The molecule has 1 saturated heterocycles. The Bertz CT molecular complexity index is 824. The first-order valence-corrected chi connectivity index (χ1v) is 9.71. The first-order valence-electron chi connectivity index (χ1n) is 8.10. The van der Waals surface area contributed by atoms with E-state index in [9.17, 15) is 19.8 Å². The number of nitro benzene ring substituents is 1. The van der Waals surface area contributed by atoms with E-state index in [-0.39, 0.29) is 17.5 Å². The molecule has 1 heterocycles. The van der Waals surface area contributed by atoms with E-state index in [2.05, 4.69) is 5.32 Å². The zero-order valence-electron chi connectivity index (χ0n) is 14.1. The third-order valence-corrected chi connectivity index (χ3v) is 6.28. The van der Waals surface area contributed by atoms with Crippen molar-refractivity contribution in [1.29, 1.82) is 0 Å². The van der Waals surface area contributed by atoms with Crippen molar-refractivity contribution >= 4 is 19.0 Å². The van der Waals surface area contributed by atoms with Crippen molar-refractivity contribution in [2.45, 2.75) is 25.2 Å². The van der Waals surface area contributed by atoms with Gasteiger partial charge in [0, 0.05) is 17.8 Å². The minimum Gasteiger partial charge on any atom is -0.508 e. The molecular formula is C17H19N2O6P. The third kappa shape index (κ3) is 4.04. The summed E-state index contributed by atoms with van der Waals surface area (Å²) in [5.74, 6) is -0.733. The van der Waals surface area contributed by atoms with Gasteiger partial charge in [0.15, 0.2) is 5.78 Å². The molecule has 2 aromatic rings. The number of nitro groups is 1. The van der Waals surface area contributed by atoms with Crippen LogP contribution in [0.1, 0.15) is 24.7 Å². The highest BCUT2D eigenvalue weighted by atomic mass is 31.2. The van der Waals surface area contributed by atoms with Gasteiger partial charge in [-0.25, -0.2) is 0 Å². The Morgan fingerprint density at radius 1 is 1.23 bits per heavy atom. The van der Waals surface area contributed by atoms with E-state index in [4.69, 9.17) is 9.05 Å². The number of benzene rings is 2. The summed E-state index contributed by atoms with van der Waals surface area (Å²) < 4.78 is 24.5. The topological polar surface area (TPSA) is 111 Å². The van der Waals surface area contributed by atoms with E-state index < -0.39 is 18.3 Å². The van der Waals surface area contributed by atoms with Crippen LogP contribution in [0.4, 0.5) is 11.4 Å². The molecule has 0 saturated carbocycles. The van der Waals surface area contributed by atoms with E-state index in [1.165, 1.54) is 36.4 Å². The lowest BCUT2D eigenvalue weighted by Gasteiger charge is -2.34. The largest absolute Gasteiger partial charge is 0.508 e. The average molecular weight is 378 g/mol. The van der Waals surface area contributed by atoms with Gasteiger partial charge in [0.25, 0.3) is 5.69 Å². The number of nitrogens with zero attached hydrogens (tertiary/aromatic N) is 1. The second-order valence-corrected chi connectivity index (χ2v) is 8.09. The maximum atomic E-state index is 13.3. The van der Waals surface area contributed by atoms with E-state index in [1.54, 1.807) is 12.1 Å². The van der Waals surface area contributed by atoms with Crippen LogP contribution in [-0.2, 0) is 13.6 Å². The fourth-order valence-electron chi connectivity index (χ4n) is 2.65. The lowest BCUT2D eigenvalue weighted by molar-refractivity contribution is -0.384. The molecule has 1 aliphatic heterocycles. The molecule has 0 amide bonds. The Kier molecular flexibility index (Phi) is 5.27. The van der Waals surface area contributed by atoms with Crippen LogP contribution in [0.15, 0.2) is 48.5 Å². The van der Waals surface area contributed by atoms with E-state index in [0.29, 0.717) is 24.3 Å². The van der Waals surface area contributed by atoms with Crippen LogP contribution in [0.2, 0.25) is 0 Å². The lowest BCUT2D eigenvalue weighted by Crippen LogP contribution is -2.23. The molecule has 138 valence electrons. The molecule has 26 heavy (non-hydrogen) atoms. The number of nitrogens with one attached hydrogen (secondary N) is 1. The van der Waals surface area contributed by atoms with Gasteiger partial charge in [-0.2, -0.15) is 0 Å². The molecule has 0 unspecified atom stereocenters. The number of aromatic hydroxyl groups is 1. The highest BCUT2D eigenvalue weighted by Crippen LogP contribution is 2.63. The Hall–Kier alpha value is -2.41. The number of hydrogen-bond donors (Lipinski definition) is 2. The van der Waals surface area contributed by atoms with Gasteiger partial charge in [-0.1, -0.05) is 0 Å². The van der Waals surface area contributed by atoms with Crippen LogP contribution < -0.4 is 5.32 Å². The lowest BCUT2D eigenvalue weighted by atomic mass is 10.2. The Labute approximate surface area is 150 Å². The molecule has 0 spiro atoms. The Morgan fingerprint density at radius 3 is 2.46 bits per heavy atom. The molecule has 0 aromatic heterocycles. The molecule has 0 bridgehead atoms. The number of rotatable bonds is 5. The summed E-state index contributed by atoms with van der Waals surface area (Å²) >= 11 is 0. The molecule has 3 rings (SSSR count). The first-order chi connectivity index (χ1) is 12.4. The molecule has 1 fully saturated rings. The van der Waals surface area contributed by atoms with Crippen molar-refractivity contribution < 1.29 is 23.6 Å². The molecule has 0 aliphatic carbocycles. The van der Waals surface area contributed by atoms with Gasteiger partial charge in [-0.15, -0.1) is 0 Å². The minimum absolute atomic E-state index is 0.0609. The van der Waals surface area contributed by atoms with Crippen LogP contribution in [0.3, 0.4) is 0 Å². The smallest absolute Gasteiger partial charge is 0.357 e. The molecular weight excluding hydrogens is 359 g/mol. The summed E-state index contributed by atoms with van der Waals surface area (Å²) in [4.78, 5) is 10.4. The minimum atomic E-state index is -3.56. The fraction of sp³-hybridized carbons (Fsp3) is 0.294. The first kappa shape index (κ1) is 18.4. The van der Waals surface area contributed by atoms with Crippen molar-refractivity contribution in [1.82, 2.24) is 0 Å². The van der Waals surface area contributed by atoms with Crippen LogP contribution in [-0.4, -0.2) is 22.7 Å². The monoisotopic (exact) mass is 378 g/mol. The van der Waals surface area contributed by atoms with Gasteiger partial charge in [-0.3, -0.25) is 14.7 Å². The second-order valence-electron chi connectivity index (χ2n) is 6.02. The predicted octanol–water partition coefficient (Wildman–Crippen LogP) is 4.43. The second kappa shape index (κ2) is 7.45. The quantitative estimate of drug-likeness (QED) is 0.343. The number of non-ortho nitro benzene ring substituents is 1. The highest BCUT2D eigenvalue weighted by Gasteiger charge is 2.41. The van der Waals surface area contributed by atoms with Gasteiger partial charge in [0.2, 0.25) is 0 Å². The van der Waals surface area contributed by atoms with Gasteiger partial charge < -0.3 is 19.5 Å². The molecule has 8 nitrogen and oxygen atoms in total. The van der Waals surface area contributed by atoms with Crippen LogP contribution >= 0.6 is 7.60 Å². The van der Waals surface area contributed by atoms with Crippen LogP contribution in [0.5, 0.6) is 5.75 Å². The molecule has 0 radical (unpaired) electrons. The summed E-state index contributed by atoms with van der Waals surface area (Å²) in [6, 6.07) is 12.0. The van der Waals surface area contributed by atoms with Gasteiger partial charge in [0.05, 0.1) is 17.6 Å². The summed E-state index contributed by atoms with van der Waals surface area (Å²) in [6.45, 7) is 2.13. The molecule has 2 N–H and O–H groups in total. The van der Waals surface area contributed by atoms with Crippen molar-refractivity contribution in [3.05, 3.63) is 64.2 Å². The van der Waals surface area contributed by atoms with Crippen LogP contribution in [0.25, 0.3) is 0 Å². The zero-order chi connectivity index (χ0) is 18.7. The van der Waals surface area contributed by atoms with Crippen molar-refractivity contribution in [3.63, 3.8) is 0 Å². The predicted molar refractivity (Wildman–Crippen MR) is 96.3 cm³/mol. The van der Waals surface area contributed by atoms with E-state index in [0.717, 1.165) is 0 Å². The number of phenols is 1. The summed E-state index contributed by atoms with van der Waals surface area (Å²) in [5, 5.41) is 23.4. The van der Waals surface area contributed by atoms with Gasteiger partial charge in [-0.05, 0) is 55.3 Å². The number of anilines is 1. The molecule has 2 aromatic carbocycles. The summed E-state index contributed by atoms with van der Waals surface area (Å²) in [7, 11) is -3.56. The highest BCUT2D eigenvalue weighted by molar-refractivity contribution is 7.54. The third-order valence-electron chi connectivity index (χ3n) is 4.03. The number of hydrogen-bond acceptors (Lipinski definition) is 7. The maximum Gasteiger partial charge on any atom is 0.357 e. The number of phenolic OH excluding ortho intramolecular Hbond substituents is 1. The van der Waals surface area contributed by atoms with Crippen molar-refractivity contribution in [2.24, 2.45) is 0 Å². The summed E-state index contributed by atoms with van der Waals surface area (Å²) in [6.07, 6.45) is 0.410. The Balaban J connectivity index is 1.96.